The first kappa shape index (κ1) is 19.2. The molecule has 0 unspecified atom stereocenters. The number of carbonyl (C=O) groups excluding carboxylic acids is 1. The lowest BCUT2D eigenvalue weighted by Crippen LogP contribution is -2.36. The highest BCUT2D eigenvalue weighted by atomic mass is 32.1. The number of thiazole rings is 1. The van der Waals surface area contributed by atoms with Crippen molar-refractivity contribution in [3.8, 4) is 0 Å². The molecule has 0 saturated carbocycles. The molecule has 7 nitrogen and oxygen atoms in total. The van der Waals surface area contributed by atoms with Gasteiger partial charge in [-0.05, 0) is 31.3 Å². The zero-order valence-electron chi connectivity index (χ0n) is 16.0. The van der Waals surface area contributed by atoms with Crippen LogP contribution in [0.5, 0.6) is 0 Å². The van der Waals surface area contributed by atoms with Crippen molar-refractivity contribution in [1.29, 1.82) is 0 Å². The van der Waals surface area contributed by atoms with E-state index < -0.39 is 0 Å². The number of hydrogen-bond donors (Lipinski definition) is 2. The van der Waals surface area contributed by atoms with Crippen LogP contribution in [-0.2, 0) is 17.8 Å². The molecule has 0 saturated heterocycles. The number of nitrogens with one attached hydrogen (secondary N) is 2. The van der Waals surface area contributed by atoms with Crippen LogP contribution in [0.1, 0.15) is 10.8 Å². The highest BCUT2D eigenvalue weighted by molar-refractivity contribution is 7.18. The van der Waals surface area contributed by atoms with Gasteiger partial charge in [0.1, 0.15) is 5.82 Å². The van der Waals surface area contributed by atoms with Crippen molar-refractivity contribution >= 4 is 38.4 Å². The number of hydrogen-bond acceptors (Lipinski definition) is 6. The first-order valence-electron chi connectivity index (χ1n) is 9.36. The van der Waals surface area contributed by atoms with Gasteiger partial charge in [-0.3, -0.25) is 14.5 Å². The molecule has 0 bridgehead atoms. The second-order valence-corrected chi connectivity index (χ2v) is 7.99. The lowest BCUT2D eigenvalue weighted by atomic mass is 10.2. The van der Waals surface area contributed by atoms with Gasteiger partial charge < -0.3 is 10.3 Å². The van der Waals surface area contributed by atoms with Gasteiger partial charge >= 0.3 is 0 Å². The minimum atomic E-state index is -0.167. The third-order valence-electron chi connectivity index (χ3n) is 4.49. The van der Waals surface area contributed by atoms with Crippen molar-refractivity contribution in [3.63, 3.8) is 0 Å². The van der Waals surface area contributed by atoms with E-state index in [1.807, 2.05) is 48.3 Å². The summed E-state index contributed by atoms with van der Waals surface area (Å²) in [4.78, 5) is 38.0. The van der Waals surface area contributed by atoms with Crippen LogP contribution in [-0.4, -0.2) is 45.9 Å². The number of benzene rings is 2. The van der Waals surface area contributed by atoms with Crippen molar-refractivity contribution in [3.05, 3.63) is 69.7 Å². The topological polar surface area (TPSA) is 91.0 Å². The summed E-state index contributed by atoms with van der Waals surface area (Å²) in [6, 6.07) is 15.2. The Balaban J connectivity index is 1.28. The monoisotopic (exact) mass is 407 g/mol. The Kier molecular flexibility index (Phi) is 5.64. The van der Waals surface area contributed by atoms with Gasteiger partial charge in [0, 0.05) is 13.0 Å². The average Bonchev–Trinajstić information content (AvgIpc) is 3.10. The molecule has 0 aliphatic heterocycles. The molecule has 0 aliphatic carbocycles. The lowest BCUT2D eigenvalue weighted by Gasteiger charge is -2.15. The molecule has 29 heavy (non-hydrogen) atoms. The Bertz CT molecular complexity index is 1180. The van der Waals surface area contributed by atoms with Crippen molar-refractivity contribution in [2.45, 2.75) is 13.0 Å². The molecule has 2 N–H and O–H groups in total. The van der Waals surface area contributed by atoms with Crippen molar-refractivity contribution < 1.29 is 4.79 Å². The molecule has 4 rings (SSSR count). The van der Waals surface area contributed by atoms with Gasteiger partial charge in [0.25, 0.3) is 5.56 Å². The number of aromatic amines is 1. The fraction of sp³-hybridized carbons (Fsp3) is 0.238. The van der Waals surface area contributed by atoms with Crippen molar-refractivity contribution in [2.24, 2.45) is 0 Å². The second kappa shape index (κ2) is 8.50. The van der Waals surface area contributed by atoms with E-state index in [4.69, 9.17) is 0 Å². The van der Waals surface area contributed by atoms with Crippen molar-refractivity contribution in [2.75, 3.05) is 20.1 Å². The van der Waals surface area contributed by atoms with Crippen LogP contribution in [0.3, 0.4) is 0 Å². The zero-order chi connectivity index (χ0) is 20.2. The maximum absolute atomic E-state index is 12.2. The van der Waals surface area contributed by atoms with Crippen LogP contribution in [0.15, 0.2) is 53.3 Å². The summed E-state index contributed by atoms with van der Waals surface area (Å²) in [6.07, 6.45) is 0.703. The Morgan fingerprint density at radius 3 is 2.69 bits per heavy atom. The molecule has 2 aromatic carbocycles. The average molecular weight is 407 g/mol. The SMILES string of the molecule is CN(CC(=O)NCCc1nc2ccccc2s1)Cc1nc2ccccc2c(=O)[nH]1. The van der Waals surface area contributed by atoms with E-state index in [1.54, 1.807) is 17.4 Å². The van der Waals surface area contributed by atoms with Crippen LogP contribution >= 0.6 is 11.3 Å². The number of likely N-dealkylation sites (N-methyl/N-ethyl adjacent to an activating group) is 1. The molecule has 0 spiro atoms. The highest BCUT2D eigenvalue weighted by Crippen LogP contribution is 2.21. The summed E-state index contributed by atoms with van der Waals surface area (Å²) >= 11 is 1.65. The van der Waals surface area contributed by atoms with Crippen molar-refractivity contribution in [1.82, 2.24) is 25.2 Å². The highest BCUT2D eigenvalue weighted by Gasteiger charge is 2.10. The molecule has 0 atom stereocenters. The van der Waals surface area contributed by atoms with E-state index in [9.17, 15) is 9.59 Å². The third-order valence-corrected chi connectivity index (χ3v) is 5.59. The van der Waals surface area contributed by atoms with Gasteiger partial charge in [0.2, 0.25) is 5.91 Å². The fourth-order valence-corrected chi connectivity index (χ4v) is 4.12. The quantitative estimate of drug-likeness (QED) is 0.491. The molecule has 0 radical (unpaired) electrons. The van der Waals surface area contributed by atoms with E-state index in [0.29, 0.717) is 36.2 Å². The minimum absolute atomic E-state index is 0.0725. The molecule has 0 aliphatic rings. The molecular formula is C21H21N5O2S. The Morgan fingerprint density at radius 2 is 1.86 bits per heavy atom. The van der Waals surface area contributed by atoms with Gasteiger partial charge in [-0.2, -0.15) is 0 Å². The maximum atomic E-state index is 12.2. The van der Waals surface area contributed by atoms with E-state index in [1.165, 1.54) is 0 Å². The normalized spacial score (nSPS) is 11.4. The van der Waals surface area contributed by atoms with Gasteiger partial charge in [0.15, 0.2) is 0 Å². The number of para-hydroxylation sites is 2. The van der Waals surface area contributed by atoms with Crippen LogP contribution in [0.25, 0.3) is 21.1 Å². The predicted octanol–water partition coefficient (Wildman–Crippen LogP) is 2.32. The molecule has 2 aromatic heterocycles. The second-order valence-electron chi connectivity index (χ2n) is 6.88. The summed E-state index contributed by atoms with van der Waals surface area (Å²) < 4.78 is 1.16. The lowest BCUT2D eigenvalue weighted by molar-refractivity contribution is -0.122. The van der Waals surface area contributed by atoms with E-state index in [2.05, 4.69) is 26.3 Å². The van der Waals surface area contributed by atoms with Gasteiger partial charge in [-0.1, -0.05) is 24.3 Å². The minimum Gasteiger partial charge on any atom is -0.355 e. The summed E-state index contributed by atoms with van der Waals surface area (Å²) in [7, 11) is 1.82. The zero-order valence-corrected chi connectivity index (χ0v) is 16.8. The van der Waals surface area contributed by atoms with Crippen LogP contribution in [0.4, 0.5) is 0 Å². The number of rotatable bonds is 7. The number of nitrogens with zero attached hydrogens (tertiary/aromatic N) is 3. The van der Waals surface area contributed by atoms with E-state index in [0.717, 1.165) is 15.2 Å². The first-order valence-corrected chi connectivity index (χ1v) is 10.2. The first-order chi connectivity index (χ1) is 14.1. The van der Waals surface area contributed by atoms with E-state index >= 15 is 0 Å². The van der Waals surface area contributed by atoms with Gasteiger partial charge in [-0.25, -0.2) is 9.97 Å². The Morgan fingerprint density at radius 1 is 1.10 bits per heavy atom. The summed E-state index contributed by atoms with van der Waals surface area (Å²) in [5.74, 6) is 0.468. The van der Waals surface area contributed by atoms with Crippen LogP contribution in [0.2, 0.25) is 0 Å². The smallest absolute Gasteiger partial charge is 0.258 e. The number of carbonyl (C=O) groups is 1. The summed E-state index contributed by atoms with van der Waals surface area (Å²) in [6.45, 7) is 1.14. The van der Waals surface area contributed by atoms with Gasteiger partial charge in [-0.15, -0.1) is 11.3 Å². The fourth-order valence-electron chi connectivity index (χ4n) is 3.16. The van der Waals surface area contributed by atoms with Gasteiger partial charge in [0.05, 0.1) is 39.2 Å². The Hall–Kier alpha value is -3.10. The molecule has 1 amide bonds. The molecule has 2 heterocycles. The Labute approximate surface area is 171 Å². The number of amides is 1. The standard InChI is InChI=1S/C21H21N5O2S/c1-26(12-18-23-15-7-3-2-6-14(15)21(28)25-18)13-19(27)22-11-10-20-24-16-8-4-5-9-17(16)29-20/h2-9H,10-13H2,1H3,(H,22,27)(H,23,25,28). The number of H-pyrrole nitrogens is 1. The molecule has 0 fully saturated rings. The molecule has 8 heteroatoms. The third kappa shape index (κ3) is 4.67. The number of aromatic nitrogens is 3. The summed E-state index contributed by atoms with van der Waals surface area (Å²) in [5.41, 5.74) is 1.48. The van der Waals surface area contributed by atoms with Crippen LogP contribution in [0, 0.1) is 0 Å². The maximum Gasteiger partial charge on any atom is 0.258 e. The van der Waals surface area contributed by atoms with Crippen LogP contribution < -0.4 is 10.9 Å². The largest absolute Gasteiger partial charge is 0.355 e. The predicted molar refractivity (Wildman–Crippen MR) is 115 cm³/mol. The molecular weight excluding hydrogens is 386 g/mol. The number of fused-ring (bicyclic) bond motifs is 2. The van der Waals surface area contributed by atoms with E-state index in [-0.39, 0.29) is 18.0 Å². The molecule has 4 aromatic rings. The summed E-state index contributed by atoms with van der Waals surface area (Å²) in [5, 5.41) is 4.50. The molecule has 148 valence electrons.